The summed E-state index contributed by atoms with van der Waals surface area (Å²) in [5.74, 6) is -2.14. The number of rotatable bonds is 3. The van der Waals surface area contributed by atoms with Gasteiger partial charge in [0.25, 0.3) is 11.5 Å². The van der Waals surface area contributed by atoms with Crippen LogP contribution in [0, 0.1) is 17.1 Å². The minimum atomic E-state index is -4.89. The number of carbonyl (C=O) groups excluding carboxylic acids is 1. The molecule has 0 atom stereocenters. The van der Waals surface area contributed by atoms with Crippen molar-refractivity contribution in [3.05, 3.63) is 68.9 Å². The lowest BCUT2D eigenvalue weighted by molar-refractivity contribution is -0.144. The number of aromatic nitrogens is 1. The van der Waals surface area contributed by atoms with Gasteiger partial charge < -0.3 is 5.73 Å². The van der Waals surface area contributed by atoms with Crippen LogP contribution in [0.3, 0.4) is 0 Å². The Morgan fingerprint density at radius 1 is 1.25 bits per heavy atom. The number of carbonyl (C=O) groups is 1. The van der Waals surface area contributed by atoms with Crippen molar-refractivity contribution in [3.63, 3.8) is 0 Å². The van der Waals surface area contributed by atoms with Gasteiger partial charge in [-0.15, -0.1) is 0 Å². The second-order valence-corrected chi connectivity index (χ2v) is 4.80. The molecule has 1 heterocycles. The predicted molar refractivity (Wildman–Crippen MR) is 74.4 cm³/mol. The third-order valence-corrected chi connectivity index (χ3v) is 3.24. The first-order chi connectivity index (χ1) is 11.1. The summed E-state index contributed by atoms with van der Waals surface area (Å²) in [5.41, 5.74) is 1.43. The highest BCUT2D eigenvalue weighted by atomic mass is 19.4. The SMILES string of the molecule is N#Cc1ccc(Cn2c(C(F)(F)F)ccc(C(N)=O)c2=O)c(F)c1. The Balaban J connectivity index is 2.64. The van der Waals surface area contributed by atoms with Gasteiger partial charge in [-0.25, -0.2) is 4.39 Å². The van der Waals surface area contributed by atoms with Crippen molar-refractivity contribution in [1.82, 2.24) is 4.57 Å². The molecular weight excluding hydrogens is 330 g/mol. The third-order valence-electron chi connectivity index (χ3n) is 3.24. The van der Waals surface area contributed by atoms with E-state index in [2.05, 4.69) is 0 Å². The molecular formula is C15H9F4N3O2. The number of amides is 1. The number of benzene rings is 1. The number of hydrogen-bond donors (Lipinski definition) is 1. The smallest absolute Gasteiger partial charge is 0.365 e. The van der Waals surface area contributed by atoms with E-state index in [1.165, 1.54) is 6.07 Å². The summed E-state index contributed by atoms with van der Waals surface area (Å²) < 4.78 is 53.3. The standard InChI is InChI=1S/C15H9F4N3O2/c16-11-5-8(6-20)1-2-9(11)7-22-12(15(17,18)19)4-3-10(13(21)23)14(22)24/h1-5H,7H2,(H2,21,23). The van der Waals surface area contributed by atoms with Gasteiger partial charge in [-0.2, -0.15) is 18.4 Å². The number of pyridine rings is 1. The van der Waals surface area contributed by atoms with E-state index in [9.17, 15) is 27.2 Å². The molecule has 2 aromatic rings. The lowest BCUT2D eigenvalue weighted by Gasteiger charge is -2.16. The molecule has 0 fully saturated rings. The first kappa shape index (κ1) is 17.2. The van der Waals surface area contributed by atoms with E-state index >= 15 is 0 Å². The summed E-state index contributed by atoms with van der Waals surface area (Å²) >= 11 is 0. The zero-order valence-corrected chi connectivity index (χ0v) is 11.9. The molecule has 2 N–H and O–H groups in total. The molecule has 124 valence electrons. The summed E-state index contributed by atoms with van der Waals surface area (Å²) in [6.45, 7) is -0.771. The van der Waals surface area contributed by atoms with Gasteiger partial charge >= 0.3 is 6.18 Å². The molecule has 0 aliphatic carbocycles. The maximum absolute atomic E-state index is 13.9. The summed E-state index contributed by atoms with van der Waals surface area (Å²) in [5, 5.41) is 8.66. The number of halogens is 4. The zero-order chi connectivity index (χ0) is 18.1. The molecule has 2 rings (SSSR count). The highest BCUT2D eigenvalue weighted by Crippen LogP contribution is 2.29. The Labute approximate surface area is 132 Å². The van der Waals surface area contributed by atoms with E-state index in [1.54, 1.807) is 6.07 Å². The summed E-state index contributed by atoms with van der Waals surface area (Å²) in [4.78, 5) is 23.3. The molecule has 0 aliphatic rings. The van der Waals surface area contributed by atoms with Crippen molar-refractivity contribution >= 4 is 5.91 Å². The van der Waals surface area contributed by atoms with Gasteiger partial charge in [-0.3, -0.25) is 14.2 Å². The zero-order valence-electron chi connectivity index (χ0n) is 11.9. The van der Waals surface area contributed by atoms with Crippen molar-refractivity contribution in [2.75, 3.05) is 0 Å². The van der Waals surface area contributed by atoms with Crippen LogP contribution in [0.15, 0.2) is 35.1 Å². The molecule has 0 spiro atoms. The van der Waals surface area contributed by atoms with Crippen molar-refractivity contribution in [2.45, 2.75) is 12.7 Å². The fourth-order valence-corrected chi connectivity index (χ4v) is 2.09. The van der Waals surface area contributed by atoms with E-state index in [1.807, 2.05) is 0 Å². The van der Waals surface area contributed by atoms with Gasteiger partial charge in [-0.05, 0) is 24.3 Å². The topological polar surface area (TPSA) is 88.9 Å². The van der Waals surface area contributed by atoms with Crippen LogP contribution in [-0.4, -0.2) is 10.5 Å². The maximum atomic E-state index is 13.9. The molecule has 1 aromatic carbocycles. The van der Waals surface area contributed by atoms with E-state index in [-0.39, 0.29) is 15.7 Å². The van der Waals surface area contributed by atoms with Crippen LogP contribution in [0.2, 0.25) is 0 Å². The first-order valence-corrected chi connectivity index (χ1v) is 6.44. The fourth-order valence-electron chi connectivity index (χ4n) is 2.09. The number of nitrogens with zero attached hydrogens (tertiary/aromatic N) is 2. The average molecular weight is 339 g/mol. The predicted octanol–water partition coefficient (Wildman–Crippen LogP) is 2.03. The van der Waals surface area contributed by atoms with Crippen molar-refractivity contribution in [1.29, 1.82) is 5.26 Å². The molecule has 0 radical (unpaired) electrons. The van der Waals surface area contributed by atoms with Gasteiger partial charge in [-0.1, -0.05) is 6.07 Å². The molecule has 1 amide bonds. The molecule has 0 bridgehead atoms. The number of nitrogens with two attached hydrogens (primary N) is 1. The molecule has 5 nitrogen and oxygen atoms in total. The molecule has 24 heavy (non-hydrogen) atoms. The second-order valence-electron chi connectivity index (χ2n) is 4.80. The largest absolute Gasteiger partial charge is 0.431 e. The fraction of sp³-hybridized carbons (Fsp3) is 0.133. The summed E-state index contributed by atoms with van der Waals surface area (Å²) in [7, 11) is 0. The van der Waals surface area contributed by atoms with Gasteiger partial charge in [0.1, 0.15) is 17.1 Å². The van der Waals surface area contributed by atoms with Crippen LogP contribution in [0.25, 0.3) is 0 Å². The second kappa shape index (κ2) is 6.16. The highest BCUT2D eigenvalue weighted by molar-refractivity contribution is 5.92. The van der Waals surface area contributed by atoms with Crippen LogP contribution in [-0.2, 0) is 12.7 Å². The van der Waals surface area contributed by atoms with Crippen LogP contribution in [0.1, 0.15) is 27.2 Å². The lowest BCUT2D eigenvalue weighted by atomic mass is 10.1. The number of hydrogen-bond acceptors (Lipinski definition) is 3. The van der Waals surface area contributed by atoms with Crippen LogP contribution in [0.4, 0.5) is 17.6 Å². The normalized spacial score (nSPS) is 11.1. The van der Waals surface area contributed by atoms with Gasteiger partial charge in [0.05, 0.1) is 18.2 Å². The Morgan fingerprint density at radius 2 is 1.92 bits per heavy atom. The molecule has 0 saturated heterocycles. The van der Waals surface area contributed by atoms with Crippen molar-refractivity contribution < 1.29 is 22.4 Å². The monoisotopic (exact) mass is 339 g/mol. The van der Waals surface area contributed by atoms with Gasteiger partial charge in [0.15, 0.2) is 0 Å². The Hall–Kier alpha value is -3.15. The minimum absolute atomic E-state index is 0.0227. The quantitative estimate of drug-likeness (QED) is 0.868. The highest BCUT2D eigenvalue weighted by Gasteiger charge is 2.35. The minimum Gasteiger partial charge on any atom is -0.365 e. The third kappa shape index (κ3) is 3.27. The first-order valence-electron chi connectivity index (χ1n) is 6.44. The van der Waals surface area contributed by atoms with Crippen molar-refractivity contribution in [3.8, 4) is 6.07 Å². The summed E-state index contributed by atoms with van der Waals surface area (Å²) in [6.07, 6.45) is -4.89. The molecule has 9 heteroatoms. The van der Waals surface area contributed by atoms with E-state index in [0.29, 0.717) is 12.1 Å². The van der Waals surface area contributed by atoms with Crippen LogP contribution >= 0.6 is 0 Å². The van der Waals surface area contributed by atoms with E-state index in [4.69, 9.17) is 11.0 Å². The Morgan fingerprint density at radius 3 is 2.42 bits per heavy atom. The molecule has 0 saturated carbocycles. The van der Waals surface area contributed by atoms with E-state index < -0.39 is 41.3 Å². The number of nitriles is 1. The van der Waals surface area contributed by atoms with E-state index in [0.717, 1.165) is 12.1 Å². The maximum Gasteiger partial charge on any atom is 0.431 e. The van der Waals surface area contributed by atoms with Crippen molar-refractivity contribution in [2.24, 2.45) is 5.73 Å². The van der Waals surface area contributed by atoms with Gasteiger partial charge in [0.2, 0.25) is 0 Å². The Bertz CT molecular complexity index is 910. The summed E-state index contributed by atoms with van der Waals surface area (Å²) in [6, 6.07) is 6.03. The molecule has 0 aliphatic heterocycles. The Kier molecular flexibility index (Phi) is 4.41. The number of primary amides is 1. The molecule has 0 unspecified atom stereocenters. The van der Waals surface area contributed by atoms with Crippen LogP contribution in [0.5, 0.6) is 0 Å². The van der Waals surface area contributed by atoms with Gasteiger partial charge in [0, 0.05) is 5.56 Å². The number of alkyl halides is 3. The molecule has 1 aromatic heterocycles. The average Bonchev–Trinajstić information content (AvgIpc) is 2.49. The lowest BCUT2D eigenvalue weighted by Crippen LogP contribution is -2.34. The van der Waals surface area contributed by atoms with Crippen LogP contribution < -0.4 is 11.3 Å².